The monoisotopic (exact) mass is 171 g/mol. The first kappa shape index (κ1) is 7.97. The lowest BCUT2D eigenvalue weighted by molar-refractivity contribution is -0.140. The molecule has 1 amide bonds. The molecule has 0 radical (unpaired) electrons. The highest BCUT2D eigenvalue weighted by Crippen LogP contribution is 2.14. The van der Waals surface area contributed by atoms with Crippen LogP contribution in [0.5, 0.6) is 0 Å². The molecule has 0 aromatic heterocycles. The zero-order chi connectivity index (χ0) is 8.55. The molecule has 2 rings (SSSR count). The van der Waals surface area contributed by atoms with E-state index >= 15 is 0 Å². The summed E-state index contributed by atoms with van der Waals surface area (Å²) in [6.45, 7) is 1.74. The summed E-state index contributed by atoms with van der Waals surface area (Å²) in [5, 5.41) is 4.58. The van der Waals surface area contributed by atoms with Crippen molar-refractivity contribution >= 4 is 5.91 Å². The van der Waals surface area contributed by atoms with Gasteiger partial charge in [-0.15, -0.1) is 0 Å². The highest BCUT2D eigenvalue weighted by atomic mass is 16.5. The third-order valence-electron chi connectivity index (χ3n) is 2.36. The van der Waals surface area contributed by atoms with Gasteiger partial charge in [0.05, 0.1) is 12.1 Å². The molecular formula is C7H13N3O2. The first-order valence-corrected chi connectivity index (χ1v) is 4.16. The summed E-state index contributed by atoms with van der Waals surface area (Å²) in [5.74, 6) is 5.58. The van der Waals surface area contributed by atoms with Crippen LogP contribution in [0, 0.1) is 0 Å². The molecule has 2 unspecified atom stereocenters. The molecule has 0 saturated carbocycles. The number of piperidine rings is 1. The summed E-state index contributed by atoms with van der Waals surface area (Å²) in [7, 11) is 0. The minimum Gasteiger partial charge on any atom is -0.366 e. The van der Waals surface area contributed by atoms with Crippen molar-refractivity contribution in [3.05, 3.63) is 0 Å². The number of nitrogens with zero attached hydrogens (tertiary/aromatic N) is 1. The molecule has 68 valence electrons. The lowest BCUT2D eigenvalue weighted by Crippen LogP contribution is -2.61. The Morgan fingerprint density at radius 2 is 2.50 bits per heavy atom. The maximum absolute atomic E-state index is 10.9. The Bertz CT molecular complexity index is 197. The van der Waals surface area contributed by atoms with Crippen molar-refractivity contribution in [2.45, 2.75) is 18.6 Å². The second kappa shape index (κ2) is 3.01. The fourth-order valence-electron chi connectivity index (χ4n) is 1.73. The molecule has 0 bridgehead atoms. The number of ether oxygens (including phenoxy) is 1. The van der Waals surface area contributed by atoms with Crippen molar-refractivity contribution < 1.29 is 9.53 Å². The molecule has 5 nitrogen and oxygen atoms in total. The van der Waals surface area contributed by atoms with Gasteiger partial charge in [0.25, 0.3) is 0 Å². The van der Waals surface area contributed by atoms with Gasteiger partial charge in [0.1, 0.15) is 6.61 Å². The molecular weight excluding hydrogens is 158 g/mol. The fraction of sp³-hybridized carbons (Fsp3) is 0.857. The van der Waals surface area contributed by atoms with Crippen LogP contribution in [0.3, 0.4) is 0 Å². The molecule has 5 heteroatoms. The van der Waals surface area contributed by atoms with Crippen LogP contribution in [0.15, 0.2) is 0 Å². The molecule has 0 aromatic carbocycles. The summed E-state index contributed by atoms with van der Waals surface area (Å²) >= 11 is 0. The summed E-state index contributed by atoms with van der Waals surface area (Å²) in [6, 6.07) is 0.0880. The minimum atomic E-state index is -0.0356. The number of amides is 1. The molecule has 3 N–H and O–H groups in total. The fourth-order valence-corrected chi connectivity index (χ4v) is 1.73. The molecule has 2 saturated heterocycles. The van der Waals surface area contributed by atoms with Crippen molar-refractivity contribution in [1.82, 2.24) is 10.3 Å². The molecule has 2 atom stereocenters. The van der Waals surface area contributed by atoms with Crippen LogP contribution in [-0.2, 0) is 9.53 Å². The van der Waals surface area contributed by atoms with Gasteiger partial charge in [0.15, 0.2) is 0 Å². The number of carbonyl (C=O) groups is 1. The summed E-state index contributed by atoms with van der Waals surface area (Å²) in [4.78, 5) is 10.9. The zero-order valence-corrected chi connectivity index (χ0v) is 6.82. The highest BCUT2D eigenvalue weighted by molar-refractivity contribution is 5.78. The van der Waals surface area contributed by atoms with Gasteiger partial charge in [0, 0.05) is 13.1 Å². The number of hydrazine groups is 1. The third kappa shape index (κ3) is 1.43. The average molecular weight is 171 g/mol. The zero-order valence-electron chi connectivity index (χ0n) is 6.82. The number of hydrogen-bond acceptors (Lipinski definition) is 4. The number of morpholine rings is 1. The van der Waals surface area contributed by atoms with E-state index in [2.05, 4.69) is 5.32 Å². The first-order chi connectivity index (χ1) is 5.75. The second-order valence-corrected chi connectivity index (χ2v) is 3.31. The van der Waals surface area contributed by atoms with Crippen LogP contribution in [0.4, 0.5) is 0 Å². The highest BCUT2D eigenvalue weighted by Gasteiger charge is 2.33. The van der Waals surface area contributed by atoms with E-state index in [-0.39, 0.29) is 24.7 Å². The minimum absolute atomic E-state index is 0.0356. The molecule has 2 aliphatic heterocycles. The van der Waals surface area contributed by atoms with Crippen molar-refractivity contribution in [3.63, 3.8) is 0 Å². The Morgan fingerprint density at radius 1 is 1.67 bits per heavy atom. The van der Waals surface area contributed by atoms with Gasteiger partial charge >= 0.3 is 0 Å². The number of nitrogens with one attached hydrogen (secondary N) is 1. The molecule has 12 heavy (non-hydrogen) atoms. The van der Waals surface area contributed by atoms with E-state index in [0.717, 1.165) is 13.0 Å². The number of nitrogens with two attached hydrogens (primary N) is 1. The molecule has 0 aliphatic carbocycles. The van der Waals surface area contributed by atoms with E-state index in [0.29, 0.717) is 6.54 Å². The van der Waals surface area contributed by atoms with E-state index in [1.54, 1.807) is 5.01 Å². The van der Waals surface area contributed by atoms with Gasteiger partial charge in [0.2, 0.25) is 5.91 Å². The maximum Gasteiger partial charge on any atom is 0.246 e. The van der Waals surface area contributed by atoms with Gasteiger partial charge in [-0.25, -0.2) is 5.01 Å². The van der Waals surface area contributed by atoms with Crippen molar-refractivity contribution in [3.8, 4) is 0 Å². The summed E-state index contributed by atoms with van der Waals surface area (Å²) < 4.78 is 5.35. The Hall–Kier alpha value is -0.650. The van der Waals surface area contributed by atoms with Gasteiger partial charge in [-0.1, -0.05) is 0 Å². The standard InChI is InChI=1S/C7H13N3O2/c8-10-2-1-6-5(3-10)9-7(11)4-12-6/h5-6H,1-4,8H2,(H,9,11). The van der Waals surface area contributed by atoms with E-state index in [9.17, 15) is 4.79 Å². The van der Waals surface area contributed by atoms with Crippen LogP contribution in [0.1, 0.15) is 6.42 Å². The predicted molar refractivity (Wildman–Crippen MR) is 42.0 cm³/mol. The first-order valence-electron chi connectivity index (χ1n) is 4.16. The van der Waals surface area contributed by atoms with Gasteiger partial charge in [-0.05, 0) is 6.42 Å². The second-order valence-electron chi connectivity index (χ2n) is 3.31. The molecule has 2 heterocycles. The smallest absolute Gasteiger partial charge is 0.246 e. The molecule has 2 fully saturated rings. The predicted octanol–water partition coefficient (Wildman–Crippen LogP) is -1.55. The van der Waals surface area contributed by atoms with E-state index < -0.39 is 0 Å². The number of hydrogen-bond donors (Lipinski definition) is 2. The van der Waals surface area contributed by atoms with E-state index in [1.807, 2.05) is 0 Å². The van der Waals surface area contributed by atoms with Crippen LogP contribution in [0.2, 0.25) is 0 Å². The largest absolute Gasteiger partial charge is 0.366 e. The van der Waals surface area contributed by atoms with Crippen LogP contribution in [-0.4, -0.2) is 42.8 Å². The maximum atomic E-state index is 10.9. The van der Waals surface area contributed by atoms with E-state index in [4.69, 9.17) is 10.6 Å². The van der Waals surface area contributed by atoms with Gasteiger partial charge < -0.3 is 10.1 Å². The van der Waals surface area contributed by atoms with Crippen LogP contribution >= 0.6 is 0 Å². The Kier molecular flexibility index (Phi) is 2.00. The number of rotatable bonds is 0. The lowest BCUT2D eigenvalue weighted by Gasteiger charge is -2.39. The van der Waals surface area contributed by atoms with Crippen LogP contribution < -0.4 is 11.2 Å². The van der Waals surface area contributed by atoms with Gasteiger partial charge in [-0.3, -0.25) is 10.6 Å². The quantitative estimate of drug-likeness (QED) is 0.433. The Morgan fingerprint density at radius 3 is 3.33 bits per heavy atom. The number of carbonyl (C=O) groups excluding carboxylic acids is 1. The normalized spacial score (nSPS) is 37.2. The Balaban J connectivity index is 1.99. The molecule has 0 spiro atoms. The Labute approximate surface area is 70.8 Å². The van der Waals surface area contributed by atoms with Crippen LogP contribution in [0.25, 0.3) is 0 Å². The van der Waals surface area contributed by atoms with Gasteiger partial charge in [-0.2, -0.15) is 0 Å². The number of fused-ring (bicyclic) bond motifs is 1. The van der Waals surface area contributed by atoms with Crippen molar-refractivity contribution in [2.75, 3.05) is 19.7 Å². The average Bonchev–Trinajstić information content (AvgIpc) is 2.03. The topological polar surface area (TPSA) is 67.6 Å². The summed E-state index contributed by atoms with van der Waals surface area (Å²) in [6.07, 6.45) is 1.07. The van der Waals surface area contributed by atoms with Crippen molar-refractivity contribution in [1.29, 1.82) is 0 Å². The van der Waals surface area contributed by atoms with E-state index in [1.165, 1.54) is 0 Å². The van der Waals surface area contributed by atoms with Crippen molar-refractivity contribution in [2.24, 2.45) is 5.84 Å². The lowest BCUT2D eigenvalue weighted by atomic mass is 10.0. The SMILES string of the molecule is NN1CCC2OCC(=O)NC2C1. The summed E-state index contributed by atoms with van der Waals surface area (Å²) in [5.41, 5.74) is 0. The molecule has 2 aliphatic rings. The third-order valence-corrected chi connectivity index (χ3v) is 2.36. The molecule has 0 aromatic rings.